The Labute approximate surface area is 156 Å². The van der Waals surface area contributed by atoms with Crippen molar-refractivity contribution in [3.05, 3.63) is 0 Å². The van der Waals surface area contributed by atoms with Gasteiger partial charge in [0.2, 0.25) is 0 Å². The van der Waals surface area contributed by atoms with Crippen molar-refractivity contribution in [3.8, 4) is 0 Å². The van der Waals surface area contributed by atoms with Crippen LogP contribution in [-0.2, 0) is 18.9 Å². The van der Waals surface area contributed by atoms with Crippen LogP contribution in [0.1, 0.15) is 53.4 Å². The van der Waals surface area contributed by atoms with Crippen molar-refractivity contribution in [1.29, 1.82) is 0 Å². The van der Waals surface area contributed by atoms with Crippen LogP contribution in [0.15, 0.2) is 0 Å². The summed E-state index contributed by atoms with van der Waals surface area (Å²) in [7, 11) is 0. The van der Waals surface area contributed by atoms with Crippen molar-refractivity contribution in [3.63, 3.8) is 0 Å². The van der Waals surface area contributed by atoms with Gasteiger partial charge in [0.15, 0.2) is 0 Å². The average molecular weight is 363 g/mol. The molecular weight excluding hydrogens is 318 g/mol. The standard InChI is InChI=1S/C20H44NO4/c1-5-13-22-17-9-21(10-18-23-14-6-2,11-19-24-15-7-3)12-20-25-16-8-4/h5-20H2,1-4H3/q+1. The van der Waals surface area contributed by atoms with Gasteiger partial charge in [-0.2, -0.15) is 0 Å². The van der Waals surface area contributed by atoms with E-state index in [9.17, 15) is 0 Å². The molecule has 0 aromatic heterocycles. The third-order valence-corrected chi connectivity index (χ3v) is 4.23. The number of quaternary nitrogens is 1. The van der Waals surface area contributed by atoms with Crippen molar-refractivity contribution < 1.29 is 23.4 Å². The zero-order valence-electron chi connectivity index (χ0n) is 17.4. The van der Waals surface area contributed by atoms with Crippen LogP contribution in [0.5, 0.6) is 0 Å². The molecule has 0 radical (unpaired) electrons. The molecule has 25 heavy (non-hydrogen) atoms. The molecule has 152 valence electrons. The number of nitrogens with zero attached hydrogens (tertiary/aromatic N) is 1. The van der Waals surface area contributed by atoms with Crippen LogP contribution in [0.4, 0.5) is 0 Å². The number of hydrogen-bond acceptors (Lipinski definition) is 4. The highest BCUT2D eigenvalue weighted by Gasteiger charge is 2.27. The molecule has 5 nitrogen and oxygen atoms in total. The maximum atomic E-state index is 5.78. The zero-order chi connectivity index (χ0) is 18.6. The molecule has 5 heteroatoms. The molecule has 0 aliphatic rings. The van der Waals surface area contributed by atoms with E-state index >= 15 is 0 Å². The van der Waals surface area contributed by atoms with E-state index in [1.54, 1.807) is 0 Å². The van der Waals surface area contributed by atoms with Gasteiger partial charge in [0.25, 0.3) is 0 Å². The second-order valence-corrected chi connectivity index (χ2v) is 6.69. The van der Waals surface area contributed by atoms with Crippen LogP contribution in [0.3, 0.4) is 0 Å². The third kappa shape index (κ3) is 14.6. The molecule has 0 aliphatic carbocycles. The highest BCUT2D eigenvalue weighted by atomic mass is 16.5. The van der Waals surface area contributed by atoms with Gasteiger partial charge in [-0.15, -0.1) is 0 Å². The summed E-state index contributed by atoms with van der Waals surface area (Å²) in [6, 6.07) is 0. The molecule has 0 unspecified atom stereocenters. The molecule has 0 bridgehead atoms. The molecule has 0 saturated heterocycles. The van der Waals surface area contributed by atoms with Gasteiger partial charge in [0, 0.05) is 26.4 Å². The normalized spacial score (nSPS) is 12.0. The van der Waals surface area contributed by atoms with Crippen molar-refractivity contribution in [2.75, 3.05) is 79.0 Å². The summed E-state index contributed by atoms with van der Waals surface area (Å²) in [5.74, 6) is 0. The van der Waals surface area contributed by atoms with Crippen molar-refractivity contribution >= 4 is 0 Å². The Kier molecular flexibility index (Phi) is 18.4. The summed E-state index contributed by atoms with van der Waals surface area (Å²) in [5, 5.41) is 0. The summed E-state index contributed by atoms with van der Waals surface area (Å²) >= 11 is 0. The number of hydrogen-bond donors (Lipinski definition) is 0. The smallest absolute Gasteiger partial charge is 0.103 e. The van der Waals surface area contributed by atoms with Crippen LogP contribution < -0.4 is 0 Å². The minimum absolute atomic E-state index is 0.795. The predicted molar refractivity (Wildman–Crippen MR) is 104 cm³/mol. The van der Waals surface area contributed by atoms with E-state index in [0.717, 1.165) is 109 Å². The van der Waals surface area contributed by atoms with Crippen LogP contribution >= 0.6 is 0 Å². The van der Waals surface area contributed by atoms with Gasteiger partial charge in [-0.05, 0) is 25.7 Å². The molecule has 0 aromatic carbocycles. The Morgan fingerprint density at radius 1 is 0.400 bits per heavy atom. The molecule has 0 amide bonds. The second-order valence-electron chi connectivity index (χ2n) is 6.69. The van der Waals surface area contributed by atoms with Gasteiger partial charge in [0.05, 0.1) is 26.4 Å². The summed E-state index contributed by atoms with van der Waals surface area (Å²) in [5.41, 5.74) is 0. The lowest BCUT2D eigenvalue weighted by molar-refractivity contribution is -0.929. The molecule has 0 saturated carbocycles. The molecular formula is C20H44NO4+. The molecule has 0 spiro atoms. The molecule has 0 rings (SSSR count). The average Bonchev–Trinajstić information content (AvgIpc) is 2.63. The predicted octanol–water partition coefficient (Wildman–Crippen LogP) is 3.51. The Hall–Kier alpha value is -0.200. The maximum Gasteiger partial charge on any atom is 0.103 e. The molecule has 0 heterocycles. The lowest BCUT2D eigenvalue weighted by Gasteiger charge is -2.38. The lowest BCUT2D eigenvalue weighted by atomic mass is 10.3. The Morgan fingerprint density at radius 2 is 0.640 bits per heavy atom. The van der Waals surface area contributed by atoms with Crippen LogP contribution in [0.25, 0.3) is 0 Å². The summed E-state index contributed by atoms with van der Waals surface area (Å²) in [6.07, 6.45) is 4.27. The maximum absolute atomic E-state index is 5.78. The van der Waals surface area contributed by atoms with Gasteiger partial charge in [-0.25, -0.2) is 0 Å². The van der Waals surface area contributed by atoms with Crippen LogP contribution in [-0.4, -0.2) is 83.5 Å². The molecule has 0 N–H and O–H groups in total. The van der Waals surface area contributed by atoms with E-state index in [0.29, 0.717) is 0 Å². The van der Waals surface area contributed by atoms with E-state index in [2.05, 4.69) is 27.7 Å². The van der Waals surface area contributed by atoms with E-state index in [1.807, 2.05) is 0 Å². The minimum Gasteiger partial charge on any atom is -0.376 e. The SMILES string of the molecule is CCCOCC[N+](CCOCCC)(CCOCCC)CCOCCC. The molecule has 0 aliphatic heterocycles. The van der Waals surface area contributed by atoms with Crippen molar-refractivity contribution in [1.82, 2.24) is 0 Å². The number of rotatable bonds is 20. The van der Waals surface area contributed by atoms with Gasteiger partial charge >= 0.3 is 0 Å². The van der Waals surface area contributed by atoms with Gasteiger partial charge in [0.1, 0.15) is 26.2 Å². The second kappa shape index (κ2) is 18.6. The Bertz CT molecular complexity index is 211. The van der Waals surface area contributed by atoms with E-state index in [-0.39, 0.29) is 0 Å². The molecule has 0 atom stereocenters. The first-order valence-electron chi connectivity index (χ1n) is 10.4. The highest BCUT2D eigenvalue weighted by Crippen LogP contribution is 2.09. The van der Waals surface area contributed by atoms with Crippen LogP contribution in [0.2, 0.25) is 0 Å². The summed E-state index contributed by atoms with van der Waals surface area (Å²) in [4.78, 5) is 0. The van der Waals surface area contributed by atoms with Gasteiger partial charge < -0.3 is 23.4 Å². The first-order valence-corrected chi connectivity index (χ1v) is 10.4. The Morgan fingerprint density at radius 3 is 0.840 bits per heavy atom. The van der Waals surface area contributed by atoms with Gasteiger partial charge in [-0.1, -0.05) is 27.7 Å². The minimum atomic E-state index is 0.795. The topological polar surface area (TPSA) is 36.9 Å². The highest BCUT2D eigenvalue weighted by molar-refractivity contribution is 4.48. The van der Waals surface area contributed by atoms with E-state index in [1.165, 1.54) is 0 Å². The fourth-order valence-electron chi connectivity index (χ4n) is 2.69. The van der Waals surface area contributed by atoms with Crippen LogP contribution in [0, 0.1) is 0 Å². The number of ether oxygens (including phenoxy) is 4. The fraction of sp³-hybridized carbons (Fsp3) is 1.00. The summed E-state index contributed by atoms with van der Waals surface area (Å²) < 4.78 is 24.1. The molecule has 0 fully saturated rings. The quantitative estimate of drug-likeness (QED) is 0.245. The largest absolute Gasteiger partial charge is 0.376 e. The third-order valence-electron chi connectivity index (χ3n) is 4.23. The lowest BCUT2D eigenvalue weighted by Crippen LogP contribution is -2.55. The van der Waals surface area contributed by atoms with E-state index in [4.69, 9.17) is 18.9 Å². The first-order chi connectivity index (χ1) is 12.2. The van der Waals surface area contributed by atoms with Gasteiger partial charge in [-0.3, -0.25) is 0 Å². The summed E-state index contributed by atoms with van der Waals surface area (Å²) in [6.45, 7) is 19.1. The van der Waals surface area contributed by atoms with E-state index < -0.39 is 0 Å². The monoisotopic (exact) mass is 362 g/mol. The fourth-order valence-corrected chi connectivity index (χ4v) is 2.69. The first kappa shape index (κ1) is 24.8. The Balaban J connectivity index is 4.62. The molecule has 0 aromatic rings. The zero-order valence-corrected chi connectivity index (χ0v) is 17.4. The van der Waals surface area contributed by atoms with Crippen molar-refractivity contribution in [2.24, 2.45) is 0 Å². The van der Waals surface area contributed by atoms with Crippen molar-refractivity contribution in [2.45, 2.75) is 53.4 Å².